The van der Waals surface area contributed by atoms with E-state index in [2.05, 4.69) is 68.5 Å². The third-order valence-corrected chi connectivity index (χ3v) is 17.6. The first-order valence-electron chi connectivity index (χ1n) is 30.0. The molecular weight excluding hydrogens is 1220 g/mol. The molecule has 486 valence electrons. The molecule has 0 radical (unpaired) electrons. The van der Waals surface area contributed by atoms with Crippen molar-refractivity contribution in [3.05, 3.63) is 125 Å². The van der Waals surface area contributed by atoms with Gasteiger partial charge in [-0.05, 0) is 111 Å². The molecule has 3 aromatic heterocycles. The van der Waals surface area contributed by atoms with Crippen LogP contribution in [0.3, 0.4) is 0 Å². The van der Waals surface area contributed by atoms with Gasteiger partial charge in [-0.15, -0.1) is 0 Å². The first-order valence-corrected chi connectivity index (χ1v) is 32.3. The fourth-order valence-corrected chi connectivity index (χ4v) is 12.6. The van der Waals surface area contributed by atoms with Crippen LogP contribution in [0.2, 0.25) is 0 Å². The second kappa shape index (κ2) is 32.3. The van der Waals surface area contributed by atoms with Crippen molar-refractivity contribution in [2.75, 3.05) is 37.7 Å². The largest absolute Gasteiger partial charge is 0.481 e. The number of benzene rings is 3. The molecule has 2 bridgehead atoms. The number of nitrogens with zero attached hydrogens (tertiary/aromatic N) is 2. The summed E-state index contributed by atoms with van der Waals surface area (Å²) in [6, 6.07) is 6.92. The smallest absolute Gasteiger partial charge is 0.305 e. The van der Waals surface area contributed by atoms with E-state index in [1.807, 2.05) is 18.2 Å². The minimum atomic E-state index is -1.96. The summed E-state index contributed by atoms with van der Waals surface area (Å²) in [5.74, 6) is -7.84. The van der Waals surface area contributed by atoms with Crippen molar-refractivity contribution >= 4 is 104 Å². The molecule has 14 N–H and O–H groups in total. The van der Waals surface area contributed by atoms with E-state index in [1.165, 1.54) is 91.8 Å². The Balaban J connectivity index is 1.10. The first-order chi connectivity index (χ1) is 43.6. The zero-order valence-electron chi connectivity index (χ0n) is 50.3. The van der Waals surface area contributed by atoms with E-state index in [0.29, 0.717) is 94.8 Å². The summed E-state index contributed by atoms with van der Waals surface area (Å²) in [5, 5.41) is 32.0. The van der Waals surface area contributed by atoms with Gasteiger partial charge in [-0.1, -0.05) is 24.3 Å². The van der Waals surface area contributed by atoms with Gasteiger partial charge in [-0.25, -0.2) is 13.8 Å². The maximum atomic E-state index is 14.9. The fourth-order valence-electron chi connectivity index (χ4n) is 10.9. The van der Waals surface area contributed by atoms with Crippen molar-refractivity contribution in [2.45, 2.75) is 131 Å². The number of hydrogen-bond donors (Lipinski definition) is 13. The normalized spacial score (nSPS) is 22.1. The highest BCUT2D eigenvalue weighted by molar-refractivity contribution is 7.98. The number of thioether (sulfide) groups is 2. The molecule has 0 spiro atoms. The number of carboxylic acids is 1. The number of nitrogens with two attached hydrogens (primary N) is 1. The van der Waals surface area contributed by atoms with Crippen molar-refractivity contribution in [1.29, 1.82) is 0 Å². The summed E-state index contributed by atoms with van der Waals surface area (Å²) >= 11 is 3.13. The summed E-state index contributed by atoms with van der Waals surface area (Å²) in [6.07, 6.45) is 5.62. The van der Waals surface area contributed by atoms with Crippen molar-refractivity contribution < 1.29 is 61.8 Å². The number of carbonyl (C=O) groups is 10. The quantitative estimate of drug-likeness (QED) is 0.0783. The Kier molecular flexibility index (Phi) is 24.1. The van der Waals surface area contributed by atoms with Crippen LogP contribution in [0.15, 0.2) is 85.6 Å². The van der Waals surface area contributed by atoms with Gasteiger partial charge in [0, 0.05) is 108 Å². The number of nitrogens with one attached hydrogen (secondary N) is 11. The Bertz CT molecular complexity index is 3600. The molecule has 29 heteroatoms. The van der Waals surface area contributed by atoms with Crippen LogP contribution in [0.5, 0.6) is 0 Å². The number of aromatic amines is 3. The van der Waals surface area contributed by atoms with E-state index in [-0.39, 0.29) is 43.7 Å². The highest BCUT2D eigenvalue weighted by atomic mass is 32.2. The topological polar surface area (TPSA) is 377 Å². The number of carboxylic acid groups (broad SMARTS) is 1. The maximum absolute atomic E-state index is 14.9. The lowest BCUT2D eigenvalue weighted by molar-refractivity contribution is -0.145. The summed E-state index contributed by atoms with van der Waals surface area (Å²) in [5.41, 5.74) is 8.01. The second-order valence-corrected chi connectivity index (χ2v) is 25.2. The van der Waals surface area contributed by atoms with Crippen molar-refractivity contribution in [2.24, 2.45) is 5.73 Å². The summed E-state index contributed by atoms with van der Waals surface area (Å²) < 4.78 is 29.6. The second-order valence-electron chi connectivity index (χ2n) is 23.0. The summed E-state index contributed by atoms with van der Waals surface area (Å²) in [4.78, 5) is 155. The van der Waals surface area contributed by atoms with Gasteiger partial charge in [0.1, 0.15) is 53.4 Å². The molecule has 0 aliphatic carbocycles. The van der Waals surface area contributed by atoms with Crippen molar-refractivity contribution in [3.8, 4) is 0 Å². The van der Waals surface area contributed by atoms with Crippen LogP contribution in [-0.4, -0.2) is 169 Å². The number of fused-ring (bicyclic) bond motifs is 5. The number of aromatic nitrogens is 4. The number of imidazole rings is 1. The molecule has 0 saturated carbocycles. The minimum Gasteiger partial charge on any atom is -0.481 e. The van der Waals surface area contributed by atoms with Crippen LogP contribution in [0, 0.1) is 11.6 Å². The van der Waals surface area contributed by atoms with Gasteiger partial charge in [-0.2, -0.15) is 23.5 Å². The number of carbonyl (C=O) groups excluding carboxylic acids is 9. The van der Waals surface area contributed by atoms with Crippen molar-refractivity contribution in [3.63, 3.8) is 0 Å². The standard InChI is InChI=1S/C62H76F2N14O11S2/c1-62(2)61(89)78-18-6-10-51(78)60(88)67-17-20-91-33-36-8-5-7-35(21-36)32-90-19-15-52(79)72-46(9-3-4-16-65)55(83)70-31-53(80)73-47(22-37-28-68-44-13-11-39(63)24-42(37)44)56(84)74-48(23-38-29-69-45-14-12-40(64)25-43(38)45)57(85)76-50(27-54(81)82)58(86)75-49(59(87)77-62)26-41-30-66-34-71-41/h5,7-8,11-14,21,24-25,28-30,34,46-51,68-69H,3-4,6,9-10,15-20,22-23,26-27,31-33,65H2,1-2H3,(H,66,71)(H,67,88)(H,70,83)(H,72,79)(H,73,80)(H,74,84)(H,75,86)(H,76,85)(H,77,87)(H,81,82)/t46-,47-,48-,49-,50-,51-/m0/s1. The van der Waals surface area contributed by atoms with Gasteiger partial charge in [0.15, 0.2) is 0 Å². The molecule has 1 fully saturated rings. The van der Waals surface area contributed by atoms with Gasteiger partial charge in [-0.3, -0.25) is 47.9 Å². The third-order valence-electron chi connectivity index (χ3n) is 15.6. The van der Waals surface area contributed by atoms with Crippen LogP contribution in [0.4, 0.5) is 8.78 Å². The molecule has 3 aromatic carbocycles. The predicted molar refractivity (Wildman–Crippen MR) is 337 cm³/mol. The molecule has 1 saturated heterocycles. The third kappa shape index (κ3) is 19.3. The lowest BCUT2D eigenvalue weighted by atomic mass is 10.00. The molecule has 2 aliphatic rings. The van der Waals surface area contributed by atoms with E-state index in [4.69, 9.17) is 5.73 Å². The molecule has 25 nitrogen and oxygen atoms in total. The summed E-state index contributed by atoms with van der Waals surface area (Å²) in [6.45, 7) is 3.02. The number of halogens is 2. The average Bonchev–Trinajstić information content (AvgIpc) is 1.80. The van der Waals surface area contributed by atoms with E-state index in [0.717, 1.165) is 11.1 Å². The average molecular weight is 1300 g/mol. The zero-order valence-corrected chi connectivity index (χ0v) is 52.0. The van der Waals surface area contributed by atoms with Gasteiger partial charge >= 0.3 is 5.97 Å². The molecule has 5 heterocycles. The fraction of sp³-hybridized carbons (Fsp3) is 0.435. The minimum absolute atomic E-state index is 0.0689. The molecular formula is C62H76F2N14O11S2. The number of H-pyrrole nitrogens is 3. The van der Waals surface area contributed by atoms with Gasteiger partial charge in [0.2, 0.25) is 53.2 Å². The first kappa shape index (κ1) is 68.1. The van der Waals surface area contributed by atoms with Crippen LogP contribution in [0.25, 0.3) is 21.8 Å². The number of hydrogen-bond acceptors (Lipinski definition) is 14. The molecule has 6 atom stereocenters. The van der Waals surface area contributed by atoms with E-state index >= 15 is 0 Å². The monoisotopic (exact) mass is 1290 g/mol. The molecule has 0 unspecified atom stereocenters. The Morgan fingerprint density at radius 3 is 1.88 bits per heavy atom. The van der Waals surface area contributed by atoms with Crippen LogP contribution >= 0.6 is 23.5 Å². The van der Waals surface area contributed by atoms with E-state index in [1.54, 1.807) is 11.8 Å². The Hall–Kier alpha value is -8.83. The highest BCUT2D eigenvalue weighted by Gasteiger charge is 2.43. The van der Waals surface area contributed by atoms with Crippen LogP contribution < -0.4 is 48.3 Å². The Morgan fingerprint density at radius 1 is 0.670 bits per heavy atom. The molecule has 8 rings (SSSR count). The van der Waals surface area contributed by atoms with Gasteiger partial charge in [0.05, 0.1) is 19.3 Å². The predicted octanol–water partition coefficient (Wildman–Crippen LogP) is 2.39. The Morgan fingerprint density at radius 2 is 1.26 bits per heavy atom. The zero-order chi connectivity index (χ0) is 65.2. The SMILES string of the molecule is CC1(C)NC(=O)[C@H](Cc2cnc[nH]2)NC(=O)[C@H](CC(=O)O)NC(=O)[C@H](Cc2c[nH]c3ccc(F)cc23)NC(=O)[C@H](Cc2c[nH]c3ccc(F)cc23)NC(=O)CNC(=O)[C@H](CCCCN)NC(=O)CCSCc2cccc(c2)CSCCNC(=O)[C@@H]2CCCN2C1=O. The molecule has 9 amide bonds. The molecule has 91 heavy (non-hydrogen) atoms. The van der Waals surface area contributed by atoms with Crippen LogP contribution in [-0.2, 0) is 78.7 Å². The number of unbranched alkanes of at least 4 members (excludes halogenated alkanes) is 1. The molecule has 2 aliphatic heterocycles. The Labute approximate surface area is 531 Å². The van der Waals surface area contributed by atoms with Gasteiger partial charge in [0.25, 0.3) is 0 Å². The number of aliphatic carboxylic acids is 1. The number of rotatable bonds is 12. The molecule has 6 aromatic rings. The van der Waals surface area contributed by atoms with Gasteiger partial charge < -0.3 is 73.2 Å². The maximum Gasteiger partial charge on any atom is 0.305 e. The van der Waals surface area contributed by atoms with Crippen LogP contribution in [0.1, 0.15) is 86.7 Å². The van der Waals surface area contributed by atoms with E-state index < -0.39 is 126 Å². The summed E-state index contributed by atoms with van der Waals surface area (Å²) in [7, 11) is 0. The number of amides is 9. The lowest BCUT2D eigenvalue weighted by Gasteiger charge is -2.34. The van der Waals surface area contributed by atoms with E-state index in [9.17, 15) is 61.8 Å². The van der Waals surface area contributed by atoms with Crippen molar-refractivity contribution in [1.82, 2.24) is 67.4 Å². The lowest BCUT2D eigenvalue weighted by Crippen LogP contribution is -2.63. The highest BCUT2D eigenvalue weighted by Crippen LogP contribution is 2.26.